The van der Waals surface area contributed by atoms with Gasteiger partial charge in [0, 0.05) is 35.0 Å². The normalized spacial score (nSPS) is 11.7. The molecule has 9 heteroatoms. The van der Waals surface area contributed by atoms with Crippen LogP contribution in [0.1, 0.15) is 11.1 Å². The molecule has 148 valence electrons. The van der Waals surface area contributed by atoms with E-state index in [4.69, 9.17) is 17.2 Å². The number of benzene rings is 2. The van der Waals surface area contributed by atoms with Crippen LogP contribution < -0.4 is 19.6 Å². The molecule has 0 saturated heterocycles. The predicted molar refractivity (Wildman–Crippen MR) is 105 cm³/mol. The molecule has 0 radical (unpaired) electrons. The van der Waals surface area contributed by atoms with Crippen molar-refractivity contribution in [2.75, 3.05) is 0 Å². The van der Waals surface area contributed by atoms with Crippen molar-refractivity contribution in [2.45, 2.75) is 13.8 Å². The minimum absolute atomic E-state index is 0.0885. The summed E-state index contributed by atoms with van der Waals surface area (Å²) in [6.07, 6.45) is 0. The van der Waals surface area contributed by atoms with E-state index in [-0.39, 0.29) is 22.7 Å². The van der Waals surface area contributed by atoms with Gasteiger partial charge in [0.15, 0.2) is 0 Å². The number of hydrogen-bond acceptors (Lipinski definition) is 8. The summed E-state index contributed by atoms with van der Waals surface area (Å²) in [7, 11) is -4.51. The van der Waals surface area contributed by atoms with Crippen molar-refractivity contribution in [3.05, 3.63) is 80.5 Å². The SMILES string of the molecule is Cc1cc(=O)oc2cc(OS(=O)(=O)Oc3ccc4c(C)cc(=O)oc4c3)ccc12. The Balaban J connectivity index is 1.64. The van der Waals surface area contributed by atoms with Gasteiger partial charge in [-0.25, -0.2) is 9.59 Å². The average molecular weight is 414 g/mol. The van der Waals surface area contributed by atoms with E-state index < -0.39 is 21.7 Å². The Morgan fingerprint density at radius 3 is 1.52 bits per heavy atom. The van der Waals surface area contributed by atoms with E-state index in [1.807, 2.05) is 0 Å². The number of aryl methyl sites for hydroxylation is 2. The molecule has 0 amide bonds. The third kappa shape index (κ3) is 3.85. The highest BCUT2D eigenvalue weighted by Gasteiger charge is 2.18. The monoisotopic (exact) mass is 414 g/mol. The molecule has 2 aromatic carbocycles. The van der Waals surface area contributed by atoms with Crippen molar-refractivity contribution in [1.29, 1.82) is 0 Å². The third-order valence-electron chi connectivity index (χ3n) is 4.24. The topological polar surface area (TPSA) is 113 Å². The lowest BCUT2D eigenvalue weighted by molar-refractivity contribution is 0.392. The van der Waals surface area contributed by atoms with E-state index in [0.29, 0.717) is 21.9 Å². The summed E-state index contributed by atoms with van der Waals surface area (Å²) >= 11 is 0. The Bertz CT molecular complexity index is 1370. The zero-order valence-electron chi connectivity index (χ0n) is 15.3. The molecule has 2 heterocycles. The Kier molecular flexibility index (Phi) is 4.39. The maximum absolute atomic E-state index is 12.3. The van der Waals surface area contributed by atoms with Gasteiger partial charge in [-0.05, 0) is 49.2 Å². The lowest BCUT2D eigenvalue weighted by atomic mass is 10.1. The standard InChI is InChI=1S/C20H14O8S/c1-11-7-19(21)25-17-9-13(3-5-15(11)17)27-29(23,24)28-14-4-6-16-12(2)8-20(22)26-18(16)10-14/h3-10H,1-2H3. The first kappa shape index (κ1) is 18.8. The lowest BCUT2D eigenvalue weighted by Gasteiger charge is -2.09. The van der Waals surface area contributed by atoms with Crippen LogP contribution in [0.5, 0.6) is 11.5 Å². The zero-order valence-corrected chi connectivity index (χ0v) is 16.1. The molecule has 0 aliphatic rings. The number of fused-ring (bicyclic) bond motifs is 2. The first-order valence-corrected chi connectivity index (χ1v) is 9.76. The molecule has 29 heavy (non-hydrogen) atoms. The van der Waals surface area contributed by atoms with Gasteiger partial charge >= 0.3 is 21.7 Å². The van der Waals surface area contributed by atoms with E-state index in [2.05, 4.69) is 0 Å². The maximum atomic E-state index is 12.3. The smallest absolute Gasteiger partial charge is 0.423 e. The molecule has 8 nitrogen and oxygen atoms in total. The molecule has 0 bridgehead atoms. The Labute approximate surface area is 164 Å². The number of rotatable bonds is 4. The van der Waals surface area contributed by atoms with Gasteiger partial charge in [-0.2, -0.15) is 0 Å². The fraction of sp³-hybridized carbons (Fsp3) is 0.100. The average Bonchev–Trinajstić information content (AvgIpc) is 2.59. The summed E-state index contributed by atoms with van der Waals surface area (Å²) in [5.74, 6) is -0.177. The molecule has 0 aliphatic carbocycles. The van der Waals surface area contributed by atoms with Crippen LogP contribution in [0.2, 0.25) is 0 Å². The van der Waals surface area contributed by atoms with Gasteiger partial charge in [0.25, 0.3) is 0 Å². The van der Waals surface area contributed by atoms with E-state index in [0.717, 1.165) is 0 Å². The second-order valence-corrected chi connectivity index (χ2v) is 7.54. The van der Waals surface area contributed by atoms with Crippen LogP contribution in [-0.4, -0.2) is 8.42 Å². The predicted octanol–water partition coefficient (Wildman–Crippen LogP) is 3.22. The van der Waals surface area contributed by atoms with E-state index in [1.165, 1.54) is 36.4 Å². The van der Waals surface area contributed by atoms with Crippen molar-refractivity contribution in [3.63, 3.8) is 0 Å². The van der Waals surface area contributed by atoms with E-state index >= 15 is 0 Å². The fourth-order valence-electron chi connectivity index (χ4n) is 2.97. The van der Waals surface area contributed by atoms with E-state index in [9.17, 15) is 18.0 Å². The highest BCUT2D eigenvalue weighted by Crippen LogP contribution is 2.26. The van der Waals surface area contributed by atoms with Crippen molar-refractivity contribution in [3.8, 4) is 11.5 Å². The summed E-state index contributed by atoms with van der Waals surface area (Å²) in [5, 5.41) is 1.30. The molecule has 4 aromatic rings. The first-order chi connectivity index (χ1) is 13.7. The molecule has 2 aromatic heterocycles. The molecule has 0 atom stereocenters. The summed E-state index contributed by atoms with van der Waals surface area (Å²) in [4.78, 5) is 23.0. The van der Waals surface area contributed by atoms with Gasteiger partial charge < -0.3 is 17.2 Å². The molecule has 0 spiro atoms. The summed E-state index contributed by atoms with van der Waals surface area (Å²) in [5.41, 5.74) is 0.638. The third-order valence-corrected chi connectivity index (χ3v) is 5.04. The summed E-state index contributed by atoms with van der Waals surface area (Å²) in [6.45, 7) is 3.47. The van der Waals surface area contributed by atoms with Crippen LogP contribution in [0.3, 0.4) is 0 Å². The largest absolute Gasteiger partial charge is 0.500 e. The molecule has 0 N–H and O–H groups in total. The molecule has 0 aliphatic heterocycles. The van der Waals surface area contributed by atoms with Crippen molar-refractivity contribution >= 4 is 32.3 Å². The molecule has 0 unspecified atom stereocenters. The van der Waals surface area contributed by atoms with Crippen LogP contribution in [0.4, 0.5) is 0 Å². The van der Waals surface area contributed by atoms with Crippen LogP contribution in [0.15, 0.2) is 67.0 Å². The molecule has 0 saturated carbocycles. The Hall–Kier alpha value is -3.59. The molecular weight excluding hydrogens is 400 g/mol. The van der Waals surface area contributed by atoms with Crippen LogP contribution in [0.25, 0.3) is 21.9 Å². The van der Waals surface area contributed by atoms with E-state index in [1.54, 1.807) is 26.0 Å². The minimum atomic E-state index is -4.51. The van der Waals surface area contributed by atoms with Gasteiger partial charge in [-0.3, -0.25) is 0 Å². The molecular formula is C20H14O8S. The van der Waals surface area contributed by atoms with Gasteiger partial charge in [0.1, 0.15) is 22.7 Å². The first-order valence-electron chi connectivity index (χ1n) is 8.43. The van der Waals surface area contributed by atoms with Gasteiger partial charge in [-0.1, -0.05) is 0 Å². The zero-order chi connectivity index (χ0) is 20.8. The highest BCUT2D eigenvalue weighted by atomic mass is 32.3. The van der Waals surface area contributed by atoms with Gasteiger partial charge in [0.2, 0.25) is 0 Å². The minimum Gasteiger partial charge on any atom is -0.423 e. The summed E-state index contributed by atoms with van der Waals surface area (Å²) in [6, 6.07) is 11.2. The van der Waals surface area contributed by atoms with Crippen molar-refractivity contribution in [2.24, 2.45) is 0 Å². The maximum Gasteiger partial charge on any atom is 0.500 e. The quantitative estimate of drug-likeness (QED) is 0.468. The second-order valence-electron chi connectivity index (χ2n) is 6.39. The number of hydrogen-bond donors (Lipinski definition) is 0. The Morgan fingerprint density at radius 1 is 0.690 bits per heavy atom. The van der Waals surface area contributed by atoms with Gasteiger partial charge in [-0.15, -0.1) is 8.42 Å². The van der Waals surface area contributed by atoms with Crippen LogP contribution in [0, 0.1) is 13.8 Å². The second kappa shape index (κ2) is 6.78. The summed E-state index contributed by atoms with van der Waals surface area (Å²) < 4.78 is 44.6. The van der Waals surface area contributed by atoms with Crippen LogP contribution >= 0.6 is 0 Å². The van der Waals surface area contributed by atoms with Crippen molar-refractivity contribution < 1.29 is 25.6 Å². The van der Waals surface area contributed by atoms with Gasteiger partial charge in [0.05, 0.1) is 0 Å². The molecule has 4 rings (SSSR count). The fourth-order valence-corrected chi connectivity index (χ4v) is 3.68. The highest BCUT2D eigenvalue weighted by molar-refractivity contribution is 7.82. The van der Waals surface area contributed by atoms with Crippen molar-refractivity contribution in [1.82, 2.24) is 0 Å². The lowest BCUT2D eigenvalue weighted by Crippen LogP contribution is -2.16. The Morgan fingerprint density at radius 2 is 1.10 bits per heavy atom. The van der Waals surface area contributed by atoms with Crippen LogP contribution in [-0.2, 0) is 10.4 Å². The molecule has 0 fully saturated rings.